The average Bonchev–Trinajstić information content (AvgIpc) is 3.24. The predicted molar refractivity (Wildman–Crippen MR) is 182 cm³/mol. The fraction of sp³-hybridized carbons (Fsp3) is 0.463. The Morgan fingerprint density at radius 2 is 0.762 bits per heavy atom. The molecule has 1 heteroatoms. The van der Waals surface area contributed by atoms with E-state index in [9.17, 15) is 0 Å². The van der Waals surface area contributed by atoms with Crippen molar-refractivity contribution in [2.45, 2.75) is 115 Å². The van der Waals surface area contributed by atoms with E-state index in [2.05, 4.69) is 126 Å². The summed E-state index contributed by atoms with van der Waals surface area (Å²) in [6.07, 6.45) is 12.7. The van der Waals surface area contributed by atoms with Crippen molar-refractivity contribution < 1.29 is 20.0 Å². The van der Waals surface area contributed by atoms with Gasteiger partial charge in [-0.3, -0.25) is 0 Å². The molecule has 0 saturated heterocycles. The first-order chi connectivity index (χ1) is 20.6. The van der Waals surface area contributed by atoms with Crippen LogP contribution in [0.25, 0.3) is 0 Å². The summed E-state index contributed by atoms with van der Waals surface area (Å²) >= 11 is -3.56. The van der Waals surface area contributed by atoms with E-state index in [0.29, 0.717) is 0 Å². The Morgan fingerprint density at radius 3 is 1.05 bits per heavy atom. The molecule has 0 heterocycles. The third-order valence-electron chi connectivity index (χ3n) is 9.81. The predicted octanol–water partition coefficient (Wildman–Crippen LogP) is 12.5. The van der Waals surface area contributed by atoms with E-state index in [1.165, 1.54) is 76.7 Å². The van der Waals surface area contributed by atoms with Crippen molar-refractivity contribution >= 4 is 0 Å². The topological polar surface area (TPSA) is 0 Å². The second-order valence-electron chi connectivity index (χ2n) is 12.8. The van der Waals surface area contributed by atoms with Crippen molar-refractivity contribution in [3.05, 3.63) is 130 Å². The summed E-state index contributed by atoms with van der Waals surface area (Å²) in [5.41, 5.74) is 12.2. The van der Waals surface area contributed by atoms with Crippen LogP contribution in [-0.2, 0) is 32.5 Å². The number of allylic oxidation sites excluding steroid dienone is 4. The second kappa shape index (κ2) is 16.2. The molecule has 0 saturated carbocycles. The van der Waals surface area contributed by atoms with Crippen LogP contribution < -0.4 is 0 Å². The van der Waals surface area contributed by atoms with E-state index in [1.807, 2.05) is 22.3 Å². The zero-order chi connectivity index (χ0) is 29.8. The normalized spacial score (nSPS) is 15.1. The molecule has 42 heavy (non-hydrogen) atoms. The van der Waals surface area contributed by atoms with Crippen molar-refractivity contribution in [2.24, 2.45) is 0 Å². The molecule has 3 aromatic rings. The van der Waals surface area contributed by atoms with Gasteiger partial charge >= 0.3 is 264 Å². The van der Waals surface area contributed by atoms with Crippen molar-refractivity contribution in [2.75, 3.05) is 0 Å². The minimum absolute atomic E-state index is 0.282. The standard InChI is InChI=1S/C20H35.3C7H7.Hf/c1-6-11-16-17(12-7-2)19(14-9-4)20(15-10-5)18(16)13-8-3;3*1-7-5-3-2-4-6-7;/h6-15H2,1-5H3;3*2-6H,1H2;. The minimum atomic E-state index is -3.56. The Hall–Kier alpha value is -1.99. The van der Waals surface area contributed by atoms with Gasteiger partial charge in [0.2, 0.25) is 0 Å². The van der Waals surface area contributed by atoms with Crippen LogP contribution >= 0.6 is 0 Å². The molecule has 0 amide bonds. The van der Waals surface area contributed by atoms with Crippen molar-refractivity contribution in [1.82, 2.24) is 0 Å². The quantitative estimate of drug-likeness (QED) is 0.122. The first kappa shape index (κ1) is 32.9. The summed E-state index contributed by atoms with van der Waals surface area (Å²) in [5, 5.41) is 0. The monoisotopic (exact) mass is 728 g/mol. The molecule has 1 aliphatic rings. The van der Waals surface area contributed by atoms with Gasteiger partial charge in [0.15, 0.2) is 0 Å². The van der Waals surface area contributed by atoms with Gasteiger partial charge < -0.3 is 0 Å². The molecule has 3 aromatic carbocycles. The number of rotatable bonds is 17. The molecule has 0 bridgehead atoms. The molecule has 224 valence electrons. The summed E-state index contributed by atoms with van der Waals surface area (Å²) < 4.78 is 4.23. The van der Waals surface area contributed by atoms with Gasteiger partial charge in [0.1, 0.15) is 0 Å². The molecule has 0 nitrogen and oxygen atoms in total. The molecule has 0 aliphatic heterocycles. The SMILES string of the molecule is CCCC1=C(CCC)[C](CCC)([Hf]([CH2]c2ccccc2)([CH2]c2ccccc2)[CH2]c2ccccc2)C(CCC)=C1CCC. The van der Waals surface area contributed by atoms with Gasteiger partial charge in [-0.05, 0) is 0 Å². The molecule has 0 fully saturated rings. The Bertz CT molecular complexity index is 1150. The molecular weight excluding hydrogens is 671 g/mol. The number of hydrogen-bond donors (Lipinski definition) is 0. The fourth-order valence-corrected chi connectivity index (χ4v) is 33.5. The van der Waals surface area contributed by atoms with Gasteiger partial charge in [-0.2, -0.15) is 0 Å². The molecule has 0 radical (unpaired) electrons. The van der Waals surface area contributed by atoms with Crippen LogP contribution in [0.5, 0.6) is 0 Å². The van der Waals surface area contributed by atoms with Crippen LogP contribution in [0.2, 0.25) is 3.17 Å². The Balaban J connectivity index is 2.14. The van der Waals surface area contributed by atoms with Crippen molar-refractivity contribution in [1.29, 1.82) is 0 Å². The number of hydrogen-bond acceptors (Lipinski definition) is 0. The molecule has 0 unspecified atom stereocenters. The van der Waals surface area contributed by atoms with Gasteiger partial charge in [-0.15, -0.1) is 0 Å². The summed E-state index contributed by atoms with van der Waals surface area (Å²) in [6, 6.07) is 35.0. The fourth-order valence-electron chi connectivity index (χ4n) is 8.58. The van der Waals surface area contributed by atoms with Crippen LogP contribution in [0.1, 0.15) is 116 Å². The Morgan fingerprint density at radius 1 is 0.429 bits per heavy atom. The Kier molecular flexibility index (Phi) is 12.7. The van der Waals surface area contributed by atoms with E-state index >= 15 is 0 Å². The molecular formula is C41H56Hf. The van der Waals surface area contributed by atoms with Gasteiger partial charge in [0.25, 0.3) is 0 Å². The van der Waals surface area contributed by atoms with E-state index in [0.717, 1.165) is 0 Å². The van der Waals surface area contributed by atoms with Crippen LogP contribution in [0.15, 0.2) is 113 Å². The summed E-state index contributed by atoms with van der Waals surface area (Å²) in [5.74, 6) is 0. The maximum atomic E-state index is 2.48. The molecule has 1 aliphatic carbocycles. The van der Waals surface area contributed by atoms with Gasteiger partial charge in [0.05, 0.1) is 0 Å². The van der Waals surface area contributed by atoms with E-state index < -0.39 is 20.0 Å². The first-order valence-corrected chi connectivity index (χ1v) is 26.6. The van der Waals surface area contributed by atoms with E-state index in [1.54, 1.807) is 16.7 Å². The molecule has 0 N–H and O–H groups in total. The third kappa shape index (κ3) is 7.04. The van der Waals surface area contributed by atoms with Crippen LogP contribution in [0.3, 0.4) is 0 Å². The van der Waals surface area contributed by atoms with Crippen LogP contribution in [0.4, 0.5) is 0 Å². The molecule has 0 aromatic heterocycles. The summed E-state index contributed by atoms with van der Waals surface area (Å²) in [6.45, 7) is 12.2. The van der Waals surface area contributed by atoms with Gasteiger partial charge in [0, 0.05) is 0 Å². The average molecular weight is 727 g/mol. The number of benzene rings is 3. The van der Waals surface area contributed by atoms with Crippen LogP contribution in [0, 0.1) is 0 Å². The van der Waals surface area contributed by atoms with E-state index in [-0.39, 0.29) is 3.17 Å². The molecule has 0 spiro atoms. The van der Waals surface area contributed by atoms with Gasteiger partial charge in [-0.1, -0.05) is 0 Å². The maximum absolute atomic E-state index is 3.56. The van der Waals surface area contributed by atoms with Crippen molar-refractivity contribution in [3.63, 3.8) is 0 Å². The second-order valence-corrected chi connectivity index (χ2v) is 28.9. The summed E-state index contributed by atoms with van der Waals surface area (Å²) in [4.78, 5) is 0. The van der Waals surface area contributed by atoms with Gasteiger partial charge in [-0.25, -0.2) is 0 Å². The molecule has 0 atom stereocenters. The zero-order valence-electron chi connectivity index (χ0n) is 27.4. The van der Waals surface area contributed by atoms with E-state index in [4.69, 9.17) is 0 Å². The van der Waals surface area contributed by atoms with Crippen LogP contribution in [-0.4, -0.2) is 0 Å². The third-order valence-corrected chi connectivity index (χ3v) is 31.1. The van der Waals surface area contributed by atoms with Crippen molar-refractivity contribution in [3.8, 4) is 0 Å². The first-order valence-electron chi connectivity index (χ1n) is 17.2. The molecule has 4 rings (SSSR count). The summed E-state index contributed by atoms with van der Waals surface area (Å²) in [7, 11) is 0. The zero-order valence-corrected chi connectivity index (χ0v) is 30.9. The Labute approximate surface area is 263 Å².